The van der Waals surface area contributed by atoms with Gasteiger partial charge < -0.3 is 9.84 Å². The van der Waals surface area contributed by atoms with Gasteiger partial charge in [-0.1, -0.05) is 15.9 Å². The molecule has 0 aromatic heterocycles. The number of rotatable bonds is 3. The second kappa shape index (κ2) is 5.19. The van der Waals surface area contributed by atoms with Gasteiger partial charge in [0.25, 0.3) is 0 Å². The van der Waals surface area contributed by atoms with E-state index in [4.69, 9.17) is 4.74 Å². The maximum atomic E-state index is 9.52. The summed E-state index contributed by atoms with van der Waals surface area (Å²) in [5.74, 6) is 1.54. The number of hydrogen-bond donors (Lipinski definition) is 1. The van der Waals surface area contributed by atoms with Crippen LogP contribution >= 0.6 is 15.9 Å². The van der Waals surface area contributed by atoms with Crippen molar-refractivity contribution in [2.24, 2.45) is 5.92 Å². The highest BCUT2D eigenvalue weighted by Crippen LogP contribution is 2.32. The van der Waals surface area contributed by atoms with Crippen LogP contribution in [0.3, 0.4) is 0 Å². The molecule has 1 aromatic carbocycles. The number of aliphatic hydroxyl groups excluding tert-OH is 1. The van der Waals surface area contributed by atoms with E-state index < -0.39 is 0 Å². The third-order valence-corrected chi connectivity index (χ3v) is 3.76. The van der Waals surface area contributed by atoms with Crippen LogP contribution in [-0.4, -0.2) is 18.3 Å². The standard InChI is InChI=1S/C13H17BrO2/c1-16-13-5-3-11(14)8-10(13)6-9-2-4-12(15)7-9/h3,5,8-9,12,15H,2,4,6-7H2,1H3. The first-order valence-electron chi connectivity index (χ1n) is 5.69. The molecule has 3 heteroatoms. The first-order chi connectivity index (χ1) is 7.69. The van der Waals surface area contributed by atoms with Crippen LogP contribution in [0.25, 0.3) is 0 Å². The zero-order chi connectivity index (χ0) is 11.5. The van der Waals surface area contributed by atoms with Gasteiger partial charge in [0.1, 0.15) is 5.75 Å². The highest BCUT2D eigenvalue weighted by Gasteiger charge is 2.23. The molecule has 2 unspecified atom stereocenters. The highest BCUT2D eigenvalue weighted by atomic mass is 79.9. The van der Waals surface area contributed by atoms with Crippen LogP contribution in [0.5, 0.6) is 5.75 Å². The van der Waals surface area contributed by atoms with Crippen molar-refractivity contribution in [2.75, 3.05) is 7.11 Å². The van der Waals surface area contributed by atoms with Crippen molar-refractivity contribution in [1.29, 1.82) is 0 Å². The lowest BCUT2D eigenvalue weighted by Crippen LogP contribution is -2.04. The van der Waals surface area contributed by atoms with Crippen molar-refractivity contribution >= 4 is 15.9 Å². The topological polar surface area (TPSA) is 29.5 Å². The van der Waals surface area contributed by atoms with Crippen LogP contribution in [0.15, 0.2) is 22.7 Å². The summed E-state index contributed by atoms with van der Waals surface area (Å²) in [4.78, 5) is 0. The monoisotopic (exact) mass is 284 g/mol. The number of ether oxygens (including phenoxy) is 1. The first kappa shape index (κ1) is 11.9. The van der Waals surface area contributed by atoms with Crippen LogP contribution in [0.1, 0.15) is 24.8 Å². The lowest BCUT2D eigenvalue weighted by Gasteiger charge is -2.13. The number of aliphatic hydroxyl groups is 1. The van der Waals surface area contributed by atoms with Crippen molar-refractivity contribution < 1.29 is 9.84 Å². The molecule has 88 valence electrons. The fraction of sp³-hybridized carbons (Fsp3) is 0.538. The molecule has 1 aromatic rings. The molecule has 1 aliphatic carbocycles. The molecule has 0 radical (unpaired) electrons. The Hall–Kier alpha value is -0.540. The van der Waals surface area contributed by atoms with Crippen molar-refractivity contribution in [3.05, 3.63) is 28.2 Å². The van der Waals surface area contributed by atoms with Crippen LogP contribution < -0.4 is 4.74 Å². The second-order valence-electron chi connectivity index (χ2n) is 4.49. The summed E-state index contributed by atoms with van der Waals surface area (Å²) in [5.41, 5.74) is 1.23. The number of benzene rings is 1. The van der Waals surface area contributed by atoms with Crippen LogP contribution in [0, 0.1) is 5.92 Å². The molecule has 0 spiro atoms. The van der Waals surface area contributed by atoms with Crippen molar-refractivity contribution in [3.8, 4) is 5.75 Å². The molecule has 2 rings (SSSR count). The van der Waals surface area contributed by atoms with Crippen LogP contribution in [-0.2, 0) is 6.42 Å². The average Bonchev–Trinajstić information content (AvgIpc) is 2.64. The molecule has 0 bridgehead atoms. The van der Waals surface area contributed by atoms with Gasteiger partial charge in [-0.3, -0.25) is 0 Å². The maximum absolute atomic E-state index is 9.52. The lowest BCUT2D eigenvalue weighted by atomic mass is 9.97. The Balaban J connectivity index is 2.10. The summed E-state index contributed by atoms with van der Waals surface area (Å²) >= 11 is 3.48. The molecule has 2 nitrogen and oxygen atoms in total. The number of hydrogen-bond acceptors (Lipinski definition) is 2. The van der Waals surface area contributed by atoms with E-state index in [1.807, 2.05) is 12.1 Å². The first-order valence-corrected chi connectivity index (χ1v) is 6.49. The average molecular weight is 285 g/mol. The third kappa shape index (κ3) is 2.77. The van der Waals surface area contributed by atoms with E-state index in [9.17, 15) is 5.11 Å². The minimum Gasteiger partial charge on any atom is -0.496 e. The molecule has 0 heterocycles. The van der Waals surface area contributed by atoms with Crippen molar-refractivity contribution in [1.82, 2.24) is 0 Å². The maximum Gasteiger partial charge on any atom is 0.122 e. The van der Waals surface area contributed by atoms with Gasteiger partial charge in [-0.25, -0.2) is 0 Å². The van der Waals surface area contributed by atoms with Gasteiger partial charge in [-0.2, -0.15) is 0 Å². The summed E-state index contributed by atoms with van der Waals surface area (Å²) in [7, 11) is 1.70. The van der Waals surface area contributed by atoms with E-state index in [1.54, 1.807) is 7.11 Å². The van der Waals surface area contributed by atoms with E-state index in [1.165, 1.54) is 5.56 Å². The van der Waals surface area contributed by atoms with Crippen LogP contribution in [0.2, 0.25) is 0 Å². The predicted octanol–water partition coefficient (Wildman–Crippen LogP) is 3.16. The lowest BCUT2D eigenvalue weighted by molar-refractivity contribution is 0.177. The zero-order valence-corrected chi connectivity index (χ0v) is 11.0. The number of methoxy groups -OCH3 is 1. The molecule has 1 N–H and O–H groups in total. The number of halogens is 1. The largest absolute Gasteiger partial charge is 0.496 e. The molecule has 2 atom stereocenters. The molecule has 16 heavy (non-hydrogen) atoms. The third-order valence-electron chi connectivity index (χ3n) is 3.26. The smallest absolute Gasteiger partial charge is 0.122 e. The Labute approximate surface area is 105 Å². The molecular weight excluding hydrogens is 268 g/mol. The molecule has 1 fully saturated rings. The highest BCUT2D eigenvalue weighted by molar-refractivity contribution is 9.10. The minimum atomic E-state index is -0.0943. The Bertz CT molecular complexity index is 365. The van der Waals surface area contributed by atoms with Gasteiger partial charge in [0, 0.05) is 4.47 Å². The van der Waals surface area contributed by atoms with Crippen molar-refractivity contribution in [2.45, 2.75) is 31.8 Å². The molecule has 1 saturated carbocycles. The Morgan fingerprint density at radius 3 is 2.88 bits per heavy atom. The summed E-state index contributed by atoms with van der Waals surface area (Å²) in [6.45, 7) is 0. The normalized spacial score (nSPS) is 24.7. The molecule has 1 aliphatic rings. The summed E-state index contributed by atoms with van der Waals surface area (Å²) in [6, 6.07) is 6.10. The predicted molar refractivity (Wildman–Crippen MR) is 67.7 cm³/mol. The van der Waals surface area contributed by atoms with Gasteiger partial charge >= 0.3 is 0 Å². The van der Waals surface area contributed by atoms with Gasteiger partial charge in [-0.05, 0) is 55.4 Å². The van der Waals surface area contributed by atoms with E-state index in [-0.39, 0.29) is 6.10 Å². The molecule has 0 amide bonds. The Kier molecular flexibility index (Phi) is 3.87. The fourth-order valence-electron chi connectivity index (χ4n) is 2.45. The van der Waals surface area contributed by atoms with Gasteiger partial charge in [0.05, 0.1) is 13.2 Å². The quantitative estimate of drug-likeness (QED) is 0.924. The second-order valence-corrected chi connectivity index (χ2v) is 5.41. The molecular formula is C13H17BrO2. The Morgan fingerprint density at radius 2 is 2.25 bits per heavy atom. The molecule has 0 saturated heterocycles. The SMILES string of the molecule is COc1ccc(Br)cc1CC1CCC(O)C1. The summed E-state index contributed by atoms with van der Waals surface area (Å²) in [6.07, 6.45) is 3.90. The Morgan fingerprint density at radius 1 is 1.44 bits per heavy atom. The zero-order valence-electron chi connectivity index (χ0n) is 9.45. The van der Waals surface area contributed by atoms with E-state index in [0.717, 1.165) is 35.9 Å². The fourth-order valence-corrected chi connectivity index (χ4v) is 2.86. The van der Waals surface area contributed by atoms with Crippen LogP contribution in [0.4, 0.5) is 0 Å². The molecule has 0 aliphatic heterocycles. The van der Waals surface area contributed by atoms with E-state index in [0.29, 0.717) is 5.92 Å². The minimum absolute atomic E-state index is 0.0943. The summed E-state index contributed by atoms with van der Waals surface area (Å²) in [5, 5.41) is 9.52. The van der Waals surface area contributed by atoms with Crippen molar-refractivity contribution in [3.63, 3.8) is 0 Å². The van der Waals surface area contributed by atoms with E-state index >= 15 is 0 Å². The van der Waals surface area contributed by atoms with Gasteiger partial charge in [0.15, 0.2) is 0 Å². The van der Waals surface area contributed by atoms with Gasteiger partial charge in [-0.15, -0.1) is 0 Å². The summed E-state index contributed by atoms with van der Waals surface area (Å²) < 4.78 is 6.44. The van der Waals surface area contributed by atoms with E-state index in [2.05, 4.69) is 22.0 Å². The van der Waals surface area contributed by atoms with Gasteiger partial charge in [0.2, 0.25) is 0 Å².